The van der Waals surface area contributed by atoms with Crippen molar-refractivity contribution in [2.45, 2.75) is 6.54 Å². The SMILES string of the molecule is C=NC(=NC(=NCc1cccc(-c2ccccc2)c1)c1ccc2c(c1)oc1ccccc12)n1c2ccccc2c2ccc3c4ccccc4n(-c4ccccc4)c3c21. The van der Waals surface area contributed by atoms with Crippen LogP contribution >= 0.6 is 0 Å². The fraction of sp³-hybridized carbons (Fsp3) is 0.0192. The molecule has 3 aromatic heterocycles. The van der Waals surface area contributed by atoms with Gasteiger partial charge in [0.25, 0.3) is 0 Å². The van der Waals surface area contributed by atoms with Crippen LogP contribution in [-0.2, 0) is 6.54 Å². The highest BCUT2D eigenvalue weighted by Gasteiger charge is 2.23. The summed E-state index contributed by atoms with van der Waals surface area (Å²) in [4.78, 5) is 15.4. The third-order valence-electron chi connectivity index (χ3n) is 11.1. The second-order valence-electron chi connectivity index (χ2n) is 14.5. The van der Waals surface area contributed by atoms with Crippen molar-refractivity contribution in [2.24, 2.45) is 15.0 Å². The monoisotopic (exact) mass is 745 g/mol. The first kappa shape index (κ1) is 33.5. The molecule has 0 atom stereocenters. The molecule has 0 aliphatic rings. The highest BCUT2D eigenvalue weighted by Crippen LogP contribution is 2.40. The van der Waals surface area contributed by atoms with Crippen molar-refractivity contribution in [3.05, 3.63) is 199 Å². The lowest BCUT2D eigenvalue weighted by Crippen LogP contribution is -2.13. The Balaban J connectivity index is 1.17. The number of aromatic nitrogens is 2. The van der Waals surface area contributed by atoms with Gasteiger partial charge in [-0.05, 0) is 71.9 Å². The van der Waals surface area contributed by atoms with Crippen LogP contribution in [-0.4, -0.2) is 27.6 Å². The molecule has 8 aromatic carbocycles. The quantitative estimate of drug-likeness (QED) is 0.128. The Morgan fingerprint density at radius 3 is 1.91 bits per heavy atom. The van der Waals surface area contributed by atoms with E-state index in [1.807, 2.05) is 30.3 Å². The van der Waals surface area contributed by atoms with E-state index in [1.54, 1.807) is 0 Å². The van der Waals surface area contributed by atoms with Gasteiger partial charge in [-0.2, -0.15) is 4.99 Å². The van der Waals surface area contributed by atoms with Crippen LogP contribution in [0.25, 0.3) is 82.4 Å². The smallest absolute Gasteiger partial charge is 0.236 e. The van der Waals surface area contributed by atoms with Crippen LogP contribution in [0, 0.1) is 0 Å². The van der Waals surface area contributed by atoms with E-state index >= 15 is 0 Å². The minimum absolute atomic E-state index is 0.405. The number of fused-ring (bicyclic) bond motifs is 10. The molecule has 0 spiro atoms. The predicted octanol–water partition coefficient (Wildman–Crippen LogP) is 13.0. The lowest BCUT2D eigenvalue weighted by atomic mass is 10.0. The second kappa shape index (κ2) is 13.7. The maximum Gasteiger partial charge on any atom is 0.236 e. The topological polar surface area (TPSA) is 60.1 Å². The summed E-state index contributed by atoms with van der Waals surface area (Å²) in [6.45, 7) is 4.55. The molecule has 0 saturated carbocycles. The van der Waals surface area contributed by atoms with Gasteiger partial charge in [0.1, 0.15) is 11.2 Å². The lowest BCUT2D eigenvalue weighted by Gasteiger charge is -2.12. The summed E-state index contributed by atoms with van der Waals surface area (Å²) in [5.74, 6) is 0.946. The van der Waals surface area contributed by atoms with Gasteiger partial charge in [0.2, 0.25) is 5.96 Å². The van der Waals surface area contributed by atoms with Crippen LogP contribution in [0.2, 0.25) is 0 Å². The van der Waals surface area contributed by atoms with E-state index in [2.05, 4.69) is 174 Å². The Kier molecular flexibility index (Phi) is 7.93. The molecule has 0 aliphatic heterocycles. The highest BCUT2D eigenvalue weighted by atomic mass is 16.3. The van der Waals surface area contributed by atoms with Crippen LogP contribution < -0.4 is 0 Å². The highest BCUT2D eigenvalue weighted by molar-refractivity contribution is 6.26. The number of nitrogens with zero attached hydrogens (tertiary/aromatic N) is 5. The molecule has 6 heteroatoms. The van der Waals surface area contributed by atoms with Gasteiger partial charge in [-0.3, -0.25) is 9.56 Å². The summed E-state index contributed by atoms with van der Waals surface area (Å²) >= 11 is 0. The Labute approximate surface area is 334 Å². The molecule has 0 N–H and O–H groups in total. The molecule has 11 rings (SSSR count). The van der Waals surface area contributed by atoms with Crippen LogP contribution in [0.4, 0.5) is 0 Å². The number of rotatable bonds is 5. The molecule has 0 amide bonds. The maximum atomic E-state index is 6.37. The average molecular weight is 746 g/mol. The van der Waals surface area contributed by atoms with E-state index in [1.165, 1.54) is 5.39 Å². The fourth-order valence-electron chi connectivity index (χ4n) is 8.51. The van der Waals surface area contributed by atoms with Crippen LogP contribution in [0.5, 0.6) is 0 Å². The second-order valence-corrected chi connectivity index (χ2v) is 14.5. The van der Waals surface area contributed by atoms with Crippen LogP contribution in [0.3, 0.4) is 0 Å². The number of hydrogen-bond donors (Lipinski definition) is 0. The maximum absolute atomic E-state index is 6.37. The van der Waals surface area contributed by atoms with Crippen molar-refractivity contribution < 1.29 is 4.42 Å². The van der Waals surface area contributed by atoms with Gasteiger partial charge >= 0.3 is 0 Å². The van der Waals surface area contributed by atoms with Gasteiger partial charge in [0, 0.05) is 43.6 Å². The Morgan fingerprint density at radius 2 is 1.12 bits per heavy atom. The first-order valence-electron chi connectivity index (χ1n) is 19.4. The Hall–Kier alpha value is -7.83. The van der Waals surface area contributed by atoms with Gasteiger partial charge in [0.05, 0.1) is 28.6 Å². The largest absolute Gasteiger partial charge is 0.456 e. The van der Waals surface area contributed by atoms with Crippen molar-refractivity contribution in [1.82, 2.24) is 9.13 Å². The number of amidine groups is 1. The minimum atomic E-state index is 0.405. The molecule has 3 heterocycles. The molecular formula is C52H35N5O. The molecule has 58 heavy (non-hydrogen) atoms. The van der Waals surface area contributed by atoms with Gasteiger partial charge in [-0.1, -0.05) is 140 Å². The van der Waals surface area contributed by atoms with Gasteiger partial charge in [-0.15, -0.1) is 0 Å². The Bertz CT molecular complexity index is 3440. The summed E-state index contributed by atoms with van der Waals surface area (Å²) in [5, 5.41) is 6.62. The molecule has 0 unspecified atom stereocenters. The average Bonchev–Trinajstić information content (AvgIpc) is 3.95. The van der Waals surface area contributed by atoms with E-state index in [-0.39, 0.29) is 0 Å². The molecule has 6 nitrogen and oxygen atoms in total. The molecule has 0 bridgehead atoms. The predicted molar refractivity (Wildman–Crippen MR) is 242 cm³/mol. The lowest BCUT2D eigenvalue weighted by molar-refractivity contribution is 0.669. The molecule has 0 saturated heterocycles. The van der Waals surface area contributed by atoms with Crippen molar-refractivity contribution in [3.63, 3.8) is 0 Å². The third kappa shape index (κ3) is 5.46. The van der Waals surface area contributed by atoms with Crippen molar-refractivity contribution in [1.29, 1.82) is 0 Å². The number of para-hydroxylation sites is 4. The van der Waals surface area contributed by atoms with Crippen molar-refractivity contribution in [3.8, 4) is 16.8 Å². The van der Waals surface area contributed by atoms with Gasteiger partial charge in [-0.25, -0.2) is 4.99 Å². The molecule has 0 aliphatic carbocycles. The van der Waals surface area contributed by atoms with Crippen LogP contribution in [0.15, 0.2) is 207 Å². The summed E-state index contributed by atoms with van der Waals surface area (Å²) in [6, 6.07) is 65.3. The van der Waals surface area contributed by atoms with Crippen LogP contribution in [0.1, 0.15) is 11.1 Å². The van der Waals surface area contributed by atoms with E-state index in [0.717, 1.165) is 88.1 Å². The fourth-order valence-corrected chi connectivity index (χ4v) is 8.51. The van der Waals surface area contributed by atoms with E-state index in [9.17, 15) is 0 Å². The van der Waals surface area contributed by atoms with Crippen molar-refractivity contribution >= 4 is 84.1 Å². The first-order valence-corrected chi connectivity index (χ1v) is 19.4. The van der Waals surface area contributed by atoms with E-state index in [4.69, 9.17) is 19.4 Å². The molecule has 0 fully saturated rings. The first-order chi connectivity index (χ1) is 28.7. The van der Waals surface area contributed by atoms with Gasteiger partial charge < -0.3 is 8.98 Å². The molecule has 274 valence electrons. The zero-order valence-electron chi connectivity index (χ0n) is 31.5. The normalized spacial score (nSPS) is 12.5. The number of hydrogen-bond acceptors (Lipinski definition) is 2. The van der Waals surface area contributed by atoms with E-state index in [0.29, 0.717) is 18.3 Å². The van der Waals surface area contributed by atoms with Gasteiger partial charge in [0.15, 0.2) is 5.84 Å². The zero-order valence-corrected chi connectivity index (χ0v) is 31.5. The van der Waals surface area contributed by atoms with Crippen molar-refractivity contribution in [2.75, 3.05) is 0 Å². The Morgan fingerprint density at radius 1 is 0.500 bits per heavy atom. The summed E-state index contributed by atoms with van der Waals surface area (Å²) in [7, 11) is 0. The minimum Gasteiger partial charge on any atom is -0.456 e. The number of aliphatic imine (C=N–C) groups is 3. The summed E-state index contributed by atoms with van der Waals surface area (Å²) in [6.07, 6.45) is 0. The summed E-state index contributed by atoms with van der Waals surface area (Å²) < 4.78 is 10.9. The number of benzene rings is 8. The zero-order chi connectivity index (χ0) is 38.6. The van der Waals surface area contributed by atoms with E-state index < -0.39 is 0 Å². The third-order valence-corrected chi connectivity index (χ3v) is 11.1. The summed E-state index contributed by atoms with van der Waals surface area (Å²) in [5.41, 5.74) is 11.0. The molecular weight excluding hydrogens is 711 g/mol. The number of furan rings is 1. The molecule has 11 aromatic rings. The molecule has 0 radical (unpaired) electrons. The standard InChI is InChI=1S/C52H35N5O/c1-53-52(57-46-25-12-9-22-40(46)44-30-29-43-39-21-8-11-24-45(39)56(49(43)50(44)57)38-19-6-3-7-20-38)55-51(37-27-28-42-41-23-10-13-26-47(41)58-48(42)32-37)54-33-34-15-14-18-36(31-34)35-16-4-2-5-17-35/h2-32H,1,33H2.